The second kappa shape index (κ2) is 7.59. The Morgan fingerprint density at radius 2 is 1.74 bits per heavy atom. The van der Waals surface area contributed by atoms with Crippen LogP contribution in [0.2, 0.25) is 0 Å². The highest BCUT2D eigenvalue weighted by Crippen LogP contribution is 2.39. The Morgan fingerprint density at radius 1 is 0.963 bits per heavy atom. The summed E-state index contributed by atoms with van der Waals surface area (Å²) in [6, 6.07) is 17.7. The molecule has 2 aromatic carbocycles. The molecule has 0 radical (unpaired) electrons. The van der Waals surface area contributed by atoms with Crippen molar-refractivity contribution in [3.8, 4) is 28.3 Å². The standard InChI is InChI=1S/C20H15BrN4O2/c1-26-18-12-15(13-7-9-22-10-8-13)16(11-17(18)21)19-24-25-20(27-19)23-14-5-3-2-4-6-14/h2-12H,1H3,(H,23,25). The van der Waals surface area contributed by atoms with Gasteiger partial charge in [-0.2, -0.15) is 0 Å². The molecule has 0 bridgehead atoms. The van der Waals surface area contributed by atoms with Crippen molar-refractivity contribution in [2.75, 3.05) is 12.4 Å². The minimum atomic E-state index is 0.323. The molecule has 0 aliphatic rings. The number of halogens is 1. The number of anilines is 2. The summed E-state index contributed by atoms with van der Waals surface area (Å²) in [6.45, 7) is 0. The van der Waals surface area contributed by atoms with Crippen LogP contribution >= 0.6 is 15.9 Å². The molecule has 7 heteroatoms. The van der Waals surface area contributed by atoms with Crippen molar-refractivity contribution in [2.24, 2.45) is 0 Å². The maximum atomic E-state index is 5.85. The SMILES string of the molecule is COc1cc(-c2ccncc2)c(-c2nnc(Nc3ccccc3)o2)cc1Br. The Balaban J connectivity index is 1.76. The highest BCUT2D eigenvalue weighted by atomic mass is 79.9. The summed E-state index contributed by atoms with van der Waals surface area (Å²) in [5.41, 5.74) is 3.55. The Morgan fingerprint density at radius 3 is 2.48 bits per heavy atom. The van der Waals surface area contributed by atoms with Crippen molar-refractivity contribution < 1.29 is 9.15 Å². The third-order valence-electron chi connectivity index (χ3n) is 3.96. The van der Waals surface area contributed by atoms with Crippen LogP contribution in [0, 0.1) is 0 Å². The maximum absolute atomic E-state index is 5.85. The van der Waals surface area contributed by atoms with E-state index in [4.69, 9.17) is 9.15 Å². The van der Waals surface area contributed by atoms with Gasteiger partial charge in [-0.3, -0.25) is 4.98 Å². The molecule has 0 saturated heterocycles. The monoisotopic (exact) mass is 422 g/mol. The van der Waals surface area contributed by atoms with Gasteiger partial charge in [-0.15, -0.1) is 5.10 Å². The average molecular weight is 423 g/mol. The third-order valence-corrected chi connectivity index (χ3v) is 4.58. The fourth-order valence-electron chi connectivity index (χ4n) is 2.68. The largest absolute Gasteiger partial charge is 0.496 e. The predicted molar refractivity (Wildman–Crippen MR) is 107 cm³/mol. The average Bonchev–Trinajstić information content (AvgIpc) is 3.17. The molecule has 0 fully saturated rings. The molecule has 4 rings (SSSR count). The number of aromatic nitrogens is 3. The van der Waals surface area contributed by atoms with Crippen molar-refractivity contribution in [3.63, 3.8) is 0 Å². The van der Waals surface area contributed by atoms with Gasteiger partial charge in [0, 0.05) is 23.6 Å². The molecule has 0 aliphatic carbocycles. The van der Waals surface area contributed by atoms with E-state index in [2.05, 4.69) is 36.4 Å². The number of methoxy groups -OCH3 is 1. The number of ether oxygens (including phenoxy) is 1. The molecular weight excluding hydrogens is 408 g/mol. The van der Waals surface area contributed by atoms with E-state index < -0.39 is 0 Å². The first-order valence-electron chi connectivity index (χ1n) is 8.18. The zero-order chi connectivity index (χ0) is 18.6. The molecule has 0 unspecified atom stereocenters. The maximum Gasteiger partial charge on any atom is 0.320 e. The zero-order valence-electron chi connectivity index (χ0n) is 14.4. The first-order valence-corrected chi connectivity index (χ1v) is 8.98. The van der Waals surface area contributed by atoms with Gasteiger partial charge in [0.15, 0.2) is 0 Å². The van der Waals surface area contributed by atoms with Crippen LogP contribution in [0.5, 0.6) is 5.75 Å². The zero-order valence-corrected chi connectivity index (χ0v) is 16.0. The lowest BCUT2D eigenvalue weighted by atomic mass is 10.00. The Hall–Kier alpha value is -3.19. The number of hydrogen-bond acceptors (Lipinski definition) is 6. The highest BCUT2D eigenvalue weighted by molar-refractivity contribution is 9.10. The van der Waals surface area contributed by atoms with Crippen LogP contribution in [0.25, 0.3) is 22.6 Å². The van der Waals surface area contributed by atoms with Crippen LogP contribution in [-0.2, 0) is 0 Å². The number of benzene rings is 2. The van der Waals surface area contributed by atoms with Crippen LogP contribution in [0.3, 0.4) is 0 Å². The number of para-hydroxylation sites is 1. The first kappa shape index (κ1) is 17.2. The quantitative estimate of drug-likeness (QED) is 0.469. The van der Waals surface area contributed by atoms with Crippen molar-refractivity contribution in [1.82, 2.24) is 15.2 Å². The second-order valence-corrected chi connectivity index (χ2v) is 6.53. The predicted octanol–water partition coefficient (Wildman–Crippen LogP) is 5.31. The molecular formula is C20H15BrN4O2. The number of hydrogen-bond donors (Lipinski definition) is 1. The van der Waals surface area contributed by atoms with Gasteiger partial charge in [0.1, 0.15) is 5.75 Å². The molecule has 0 atom stereocenters. The molecule has 134 valence electrons. The molecule has 0 spiro atoms. The lowest BCUT2D eigenvalue weighted by Gasteiger charge is -2.11. The van der Waals surface area contributed by atoms with Crippen LogP contribution in [0.15, 0.2) is 75.9 Å². The van der Waals surface area contributed by atoms with E-state index in [0.29, 0.717) is 17.7 Å². The highest BCUT2D eigenvalue weighted by Gasteiger charge is 2.17. The lowest BCUT2D eigenvalue weighted by molar-refractivity contribution is 0.412. The normalized spacial score (nSPS) is 10.6. The molecule has 2 heterocycles. The minimum Gasteiger partial charge on any atom is -0.496 e. The topological polar surface area (TPSA) is 73.1 Å². The van der Waals surface area contributed by atoms with E-state index in [1.54, 1.807) is 19.5 Å². The molecule has 0 saturated carbocycles. The third kappa shape index (κ3) is 3.68. The van der Waals surface area contributed by atoms with E-state index in [0.717, 1.165) is 26.9 Å². The Bertz CT molecular complexity index is 1050. The fraction of sp³-hybridized carbons (Fsp3) is 0.0500. The van der Waals surface area contributed by atoms with Crippen molar-refractivity contribution in [1.29, 1.82) is 0 Å². The van der Waals surface area contributed by atoms with E-state index in [1.165, 1.54) is 0 Å². The Labute approximate surface area is 164 Å². The smallest absolute Gasteiger partial charge is 0.320 e. The Kier molecular flexibility index (Phi) is 4.84. The summed E-state index contributed by atoms with van der Waals surface area (Å²) in [4.78, 5) is 4.08. The van der Waals surface area contributed by atoms with Crippen LogP contribution in [0.4, 0.5) is 11.7 Å². The van der Waals surface area contributed by atoms with Gasteiger partial charge in [-0.1, -0.05) is 23.3 Å². The van der Waals surface area contributed by atoms with Gasteiger partial charge in [-0.05, 0) is 63.5 Å². The minimum absolute atomic E-state index is 0.323. The lowest BCUT2D eigenvalue weighted by Crippen LogP contribution is -1.91. The van der Waals surface area contributed by atoms with Crippen molar-refractivity contribution in [2.45, 2.75) is 0 Å². The molecule has 27 heavy (non-hydrogen) atoms. The van der Waals surface area contributed by atoms with Crippen LogP contribution < -0.4 is 10.1 Å². The molecule has 2 aromatic heterocycles. The van der Waals surface area contributed by atoms with E-state index >= 15 is 0 Å². The van der Waals surface area contributed by atoms with E-state index in [1.807, 2.05) is 54.6 Å². The van der Waals surface area contributed by atoms with Crippen molar-refractivity contribution >= 4 is 27.6 Å². The summed E-state index contributed by atoms with van der Waals surface area (Å²) in [7, 11) is 1.63. The van der Waals surface area contributed by atoms with Gasteiger partial charge in [0.25, 0.3) is 0 Å². The number of pyridine rings is 1. The molecule has 1 N–H and O–H groups in total. The second-order valence-electron chi connectivity index (χ2n) is 5.67. The summed E-state index contributed by atoms with van der Waals surface area (Å²) in [5, 5.41) is 11.4. The van der Waals surface area contributed by atoms with Crippen LogP contribution in [0.1, 0.15) is 0 Å². The van der Waals surface area contributed by atoms with Crippen LogP contribution in [-0.4, -0.2) is 22.3 Å². The molecule has 6 nitrogen and oxygen atoms in total. The summed E-state index contributed by atoms with van der Waals surface area (Å²) in [5.74, 6) is 1.12. The summed E-state index contributed by atoms with van der Waals surface area (Å²) >= 11 is 3.53. The number of nitrogens with zero attached hydrogens (tertiary/aromatic N) is 3. The summed E-state index contributed by atoms with van der Waals surface area (Å²) < 4.78 is 12.1. The number of nitrogens with one attached hydrogen (secondary N) is 1. The first-order chi connectivity index (χ1) is 13.2. The fourth-order valence-corrected chi connectivity index (χ4v) is 3.19. The molecule has 0 amide bonds. The molecule has 0 aliphatic heterocycles. The van der Waals surface area contributed by atoms with E-state index in [9.17, 15) is 0 Å². The van der Waals surface area contributed by atoms with E-state index in [-0.39, 0.29) is 0 Å². The van der Waals surface area contributed by atoms with Gasteiger partial charge < -0.3 is 14.5 Å². The van der Waals surface area contributed by atoms with Gasteiger partial charge in [-0.25, -0.2) is 0 Å². The van der Waals surface area contributed by atoms with Gasteiger partial charge in [0.2, 0.25) is 5.89 Å². The number of rotatable bonds is 5. The molecule has 4 aromatic rings. The summed E-state index contributed by atoms with van der Waals surface area (Å²) in [6.07, 6.45) is 3.48. The van der Waals surface area contributed by atoms with Gasteiger partial charge in [0.05, 0.1) is 11.6 Å². The van der Waals surface area contributed by atoms with Gasteiger partial charge >= 0.3 is 6.01 Å². The van der Waals surface area contributed by atoms with Crippen molar-refractivity contribution in [3.05, 3.63) is 71.5 Å².